The van der Waals surface area contributed by atoms with Crippen LogP contribution in [0.3, 0.4) is 0 Å². The molecule has 116 valence electrons. The minimum atomic E-state index is -1.40. The molecule has 2 aromatic rings. The van der Waals surface area contributed by atoms with Gasteiger partial charge < -0.3 is 9.47 Å². The lowest BCUT2D eigenvalue weighted by molar-refractivity contribution is 0.294. The summed E-state index contributed by atoms with van der Waals surface area (Å²) in [6, 6.07) is 9.99. The number of ether oxygens (including phenoxy) is 2. The molecule has 3 nitrogen and oxygen atoms in total. The standard InChI is InChI=1S/C15H11Cl3FNO2/c16-15(17,18)8-14(9-21-14)10-2-1-3-12(6-10)22-13-5-4-11(19)7-20-13/h1-7H,8-9H2. The molecule has 1 atom stereocenters. The minimum Gasteiger partial charge on any atom is -0.439 e. The molecule has 3 rings (SSSR count). The van der Waals surface area contributed by atoms with Crippen molar-refractivity contribution in [3.63, 3.8) is 0 Å². The molecular formula is C15H11Cl3FNO2. The molecule has 1 aromatic carbocycles. The molecule has 0 amide bonds. The molecule has 0 aliphatic carbocycles. The van der Waals surface area contributed by atoms with Crippen molar-refractivity contribution in [1.29, 1.82) is 0 Å². The highest BCUT2D eigenvalue weighted by atomic mass is 35.6. The Balaban J connectivity index is 1.80. The average molecular weight is 363 g/mol. The Morgan fingerprint density at radius 2 is 2.05 bits per heavy atom. The SMILES string of the molecule is Fc1ccc(Oc2cccc(C3(CC(Cl)(Cl)Cl)CO3)c2)nc1. The van der Waals surface area contributed by atoms with Crippen molar-refractivity contribution in [3.05, 3.63) is 54.0 Å². The highest BCUT2D eigenvalue weighted by Crippen LogP contribution is 2.50. The molecule has 1 unspecified atom stereocenters. The van der Waals surface area contributed by atoms with Crippen LogP contribution in [0.1, 0.15) is 12.0 Å². The van der Waals surface area contributed by atoms with Gasteiger partial charge in [0.25, 0.3) is 0 Å². The monoisotopic (exact) mass is 361 g/mol. The second-order valence-corrected chi connectivity index (χ2v) is 7.54. The summed E-state index contributed by atoms with van der Waals surface area (Å²) >= 11 is 17.6. The van der Waals surface area contributed by atoms with Crippen molar-refractivity contribution < 1.29 is 13.9 Å². The van der Waals surface area contributed by atoms with Crippen LogP contribution in [0.2, 0.25) is 0 Å². The molecular weight excluding hydrogens is 352 g/mol. The fraction of sp³-hybridized carbons (Fsp3) is 0.267. The lowest BCUT2D eigenvalue weighted by Gasteiger charge is -2.18. The smallest absolute Gasteiger partial charge is 0.219 e. The van der Waals surface area contributed by atoms with Crippen molar-refractivity contribution in [3.8, 4) is 11.6 Å². The Labute approximate surface area is 141 Å². The molecule has 1 aliphatic rings. The van der Waals surface area contributed by atoms with E-state index in [1.165, 1.54) is 12.1 Å². The number of epoxide rings is 1. The summed E-state index contributed by atoms with van der Waals surface area (Å²) in [5.41, 5.74) is 0.263. The quantitative estimate of drug-likeness (QED) is 0.567. The number of pyridine rings is 1. The van der Waals surface area contributed by atoms with E-state index in [-0.39, 0.29) is 6.42 Å². The van der Waals surface area contributed by atoms with Crippen LogP contribution >= 0.6 is 34.8 Å². The van der Waals surface area contributed by atoms with Crippen LogP contribution in [0.25, 0.3) is 0 Å². The van der Waals surface area contributed by atoms with Crippen LogP contribution in [0.4, 0.5) is 4.39 Å². The minimum absolute atomic E-state index is 0.253. The van der Waals surface area contributed by atoms with Gasteiger partial charge in [-0.25, -0.2) is 9.37 Å². The van der Waals surface area contributed by atoms with E-state index < -0.39 is 15.2 Å². The van der Waals surface area contributed by atoms with Gasteiger partial charge in [0.15, 0.2) is 3.79 Å². The van der Waals surface area contributed by atoms with Crippen LogP contribution in [-0.2, 0) is 10.3 Å². The van der Waals surface area contributed by atoms with Gasteiger partial charge in [-0.05, 0) is 23.8 Å². The molecule has 0 N–H and O–H groups in total. The average Bonchev–Trinajstić information content (AvgIpc) is 3.21. The van der Waals surface area contributed by atoms with Gasteiger partial charge in [0.1, 0.15) is 17.2 Å². The van der Waals surface area contributed by atoms with Gasteiger partial charge in [-0.2, -0.15) is 0 Å². The van der Waals surface area contributed by atoms with Crippen LogP contribution < -0.4 is 4.74 Å². The molecule has 1 fully saturated rings. The van der Waals surface area contributed by atoms with Gasteiger partial charge in [0.05, 0.1) is 12.8 Å². The molecule has 0 bridgehead atoms. The van der Waals surface area contributed by atoms with Crippen molar-refractivity contribution in [2.45, 2.75) is 15.8 Å². The molecule has 1 saturated heterocycles. The number of rotatable bonds is 4. The van der Waals surface area contributed by atoms with E-state index in [0.29, 0.717) is 18.2 Å². The highest BCUT2D eigenvalue weighted by molar-refractivity contribution is 6.67. The predicted octanol–water partition coefficient (Wildman–Crippen LogP) is 5.00. The zero-order valence-corrected chi connectivity index (χ0v) is 13.5. The number of benzene rings is 1. The van der Waals surface area contributed by atoms with Crippen molar-refractivity contribution in [2.24, 2.45) is 0 Å². The maximum Gasteiger partial charge on any atom is 0.219 e. The Hall–Kier alpha value is -1.07. The molecule has 0 radical (unpaired) electrons. The first-order chi connectivity index (χ1) is 10.4. The first kappa shape index (κ1) is 15.8. The highest BCUT2D eigenvalue weighted by Gasteiger charge is 2.51. The lowest BCUT2D eigenvalue weighted by atomic mass is 9.97. The number of halogens is 4. The van der Waals surface area contributed by atoms with Gasteiger partial charge in [0.2, 0.25) is 5.88 Å². The van der Waals surface area contributed by atoms with Gasteiger partial charge >= 0.3 is 0 Å². The molecule has 22 heavy (non-hydrogen) atoms. The molecule has 2 heterocycles. The number of alkyl halides is 3. The first-order valence-corrected chi connectivity index (χ1v) is 7.60. The van der Waals surface area contributed by atoms with Crippen molar-refractivity contribution >= 4 is 34.8 Å². The fourth-order valence-electron chi connectivity index (χ4n) is 2.17. The molecule has 0 spiro atoms. The van der Waals surface area contributed by atoms with Crippen LogP contribution in [0, 0.1) is 5.82 Å². The van der Waals surface area contributed by atoms with Crippen molar-refractivity contribution in [1.82, 2.24) is 4.98 Å². The summed E-state index contributed by atoms with van der Waals surface area (Å²) in [5, 5.41) is 0. The summed E-state index contributed by atoms with van der Waals surface area (Å²) in [7, 11) is 0. The first-order valence-electron chi connectivity index (χ1n) is 6.47. The van der Waals surface area contributed by atoms with E-state index in [2.05, 4.69) is 4.98 Å². The second-order valence-electron chi connectivity index (χ2n) is 5.02. The third kappa shape index (κ3) is 3.82. The third-order valence-electron chi connectivity index (χ3n) is 3.26. The van der Waals surface area contributed by atoms with Crippen LogP contribution in [0.15, 0.2) is 42.6 Å². The van der Waals surface area contributed by atoms with E-state index in [1.807, 2.05) is 12.1 Å². The molecule has 7 heteroatoms. The number of hydrogen-bond donors (Lipinski definition) is 0. The third-order valence-corrected chi connectivity index (χ3v) is 3.66. The lowest BCUT2D eigenvalue weighted by Crippen LogP contribution is -2.18. The fourth-order valence-corrected chi connectivity index (χ4v) is 2.82. The van der Waals surface area contributed by atoms with Gasteiger partial charge in [-0.3, -0.25) is 0 Å². The topological polar surface area (TPSA) is 34.6 Å². The maximum atomic E-state index is 12.8. The zero-order valence-electron chi connectivity index (χ0n) is 11.2. The van der Waals surface area contributed by atoms with Crippen LogP contribution in [-0.4, -0.2) is 15.4 Å². The van der Waals surface area contributed by atoms with E-state index in [9.17, 15) is 4.39 Å². The van der Waals surface area contributed by atoms with E-state index >= 15 is 0 Å². The van der Waals surface area contributed by atoms with Gasteiger partial charge in [-0.15, -0.1) is 0 Å². The molecule has 1 aromatic heterocycles. The Kier molecular flexibility index (Phi) is 4.21. The maximum absolute atomic E-state index is 12.8. The van der Waals surface area contributed by atoms with E-state index in [0.717, 1.165) is 11.8 Å². The molecule has 1 aliphatic heterocycles. The van der Waals surface area contributed by atoms with Gasteiger partial charge in [-0.1, -0.05) is 46.9 Å². The summed E-state index contributed by atoms with van der Waals surface area (Å²) in [5.74, 6) is 0.426. The second kappa shape index (κ2) is 5.85. The predicted molar refractivity (Wildman–Crippen MR) is 83.2 cm³/mol. The normalized spacial score (nSPS) is 20.7. The summed E-state index contributed by atoms with van der Waals surface area (Å²) in [6.07, 6.45) is 1.34. The van der Waals surface area contributed by atoms with Crippen LogP contribution in [0.5, 0.6) is 11.6 Å². The number of aromatic nitrogens is 1. The summed E-state index contributed by atoms with van der Waals surface area (Å²) in [4.78, 5) is 3.85. The number of hydrogen-bond acceptors (Lipinski definition) is 3. The molecule has 0 saturated carbocycles. The van der Waals surface area contributed by atoms with E-state index in [4.69, 9.17) is 44.3 Å². The largest absolute Gasteiger partial charge is 0.439 e. The summed E-state index contributed by atoms with van der Waals surface area (Å²) < 4.78 is 22.5. The summed E-state index contributed by atoms with van der Waals surface area (Å²) in [6.45, 7) is 0.485. The Morgan fingerprint density at radius 3 is 2.64 bits per heavy atom. The Bertz CT molecular complexity index is 669. The number of nitrogens with zero attached hydrogens (tertiary/aromatic N) is 1. The van der Waals surface area contributed by atoms with Crippen molar-refractivity contribution in [2.75, 3.05) is 6.61 Å². The zero-order chi connectivity index (χ0) is 15.8. The Morgan fingerprint density at radius 1 is 1.27 bits per heavy atom. The van der Waals surface area contributed by atoms with Gasteiger partial charge in [0, 0.05) is 12.5 Å². The van der Waals surface area contributed by atoms with E-state index in [1.54, 1.807) is 12.1 Å².